The fraction of sp³-hybridized carbons (Fsp3) is 0.118. The fourth-order valence-electron chi connectivity index (χ4n) is 2.59. The van der Waals surface area contributed by atoms with Crippen LogP contribution in [-0.4, -0.2) is 9.68 Å². The van der Waals surface area contributed by atoms with E-state index >= 15 is 0 Å². The number of thiocarbonyl (C=S) groups is 1. The Balaban J connectivity index is 1.91. The van der Waals surface area contributed by atoms with Crippen molar-refractivity contribution in [3.63, 3.8) is 0 Å². The quantitative estimate of drug-likeness (QED) is 0.491. The summed E-state index contributed by atoms with van der Waals surface area (Å²) in [5.41, 5.74) is 14.8. The number of halogens is 1. The zero-order valence-electron chi connectivity index (χ0n) is 12.4. The highest BCUT2D eigenvalue weighted by Crippen LogP contribution is 2.22. The molecule has 0 aliphatic rings. The molecule has 4 nitrogen and oxygen atoms in total. The molecule has 3 aromatic rings. The molecule has 0 saturated carbocycles. The van der Waals surface area contributed by atoms with E-state index in [9.17, 15) is 0 Å². The van der Waals surface area contributed by atoms with E-state index in [2.05, 4.69) is 33.6 Å². The molecule has 0 amide bonds. The molecule has 1 aromatic heterocycles. The summed E-state index contributed by atoms with van der Waals surface area (Å²) in [6, 6.07) is 18.4. The van der Waals surface area contributed by atoms with Crippen molar-refractivity contribution in [2.75, 3.05) is 0 Å². The first-order chi connectivity index (χ1) is 11.1. The van der Waals surface area contributed by atoms with Crippen molar-refractivity contribution in [2.24, 2.45) is 5.73 Å². The summed E-state index contributed by atoms with van der Waals surface area (Å²) in [5, 5.41) is 2.17. The second kappa shape index (κ2) is 7.00. The van der Waals surface area contributed by atoms with Crippen LogP contribution in [0.5, 0.6) is 0 Å². The van der Waals surface area contributed by atoms with Crippen molar-refractivity contribution < 1.29 is 0 Å². The van der Waals surface area contributed by atoms with Gasteiger partial charge in [0.15, 0.2) is 5.11 Å². The van der Waals surface area contributed by atoms with Gasteiger partial charge in [0.1, 0.15) is 0 Å². The summed E-state index contributed by atoms with van der Waals surface area (Å²) in [7, 11) is 0. The number of fused-ring (bicyclic) bond motifs is 1. The molecule has 0 radical (unpaired) electrons. The SMILES string of the molecule is NC(=S)NNCc1cc2ccccc2n1Cc1ccc(Cl)cc1. The van der Waals surface area contributed by atoms with E-state index in [4.69, 9.17) is 29.6 Å². The standard InChI is InChI=1S/C17H17ClN4S/c18-14-7-5-12(6-8-14)11-22-15(10-20-21-17(19)23)9-13-3-1-2-4-16(13)22/h1-9,20H,10-11H2,(H3,19,21,23). The van der Waals surface area contributed by atoms with Crippen molar-refractivity contribution in [2.45, 2.75) is 13.1 Å². The third kappa shape index (κ3) is 3.82. The molecule has 0 unspecified atom stereocenters. The minimum Gasteiger partial charge on any atom is -0.375 e. The molecule has 2 aromatic carbocycles. The van der Waals surface area contributed by atoms with Gasteiger partial charge in [-0.3, -0.25) is 5.43 Å². The summed E-state index contributed by atoms with van der Waals surface area (Å²) in [6.45, 7) is 1.38. The van der Waals surface area contributed by atoms with Crippen LogP contribution in [0.1, 0.15) is 11.3 Å². The first kappa shape index (κ1) is 15.8. The average Bonchev–Trinajstić information content (AvgIpc) is 2.87. The highest BCUT2D eigenvalue weighted by molar-refractivity contribution is 7.80. The Morgan fingerprint density at radius 2 is 1.87 bits per heavy atom. The minimum atomic E-state index is 0.227. The molecule has 0 fully saturated rings. The van der Waals surface area contributed by atoms with E-state index in [0.29, 0.717) is 6.54 Å². The number of aromatic nitrogens is 1. The lowest BCUT2D eigenvalue weighted by atomic mass is 10.2. The molecule has 0 spiro atoms. The lowest BCUT2D eigenvalue weighted by Gasteiger charge is -2.12. The van der Waals surface area contributed by atoms with Gasteiger partial charge in [-0.25, -0.2) is 5.43 Å². The number of nitrogens with two attached hydrogens (primary N) is 1. The highest BCUT2D eigenvalue weighted by Gasteiger charge is 2.09. The van der Waals surface area contributed by atoms with Gasteiger partial charge in [-0.05, 0) is 47.4 Å². The third-order valence-corrected chi connectivity index (χ3v) is 3.99. The molecular weight excluding hydrogens is 328 g/mol. The van der Waals surface area contributed by atoms with E-state index in [0.717, 1.165) is 17.3 Å². The molecule has 4 N–H and O–H groups in total. The predicted octanol–water partition coefficient (Wildman–Crippen LogP) is 3.18. The summed E-state index contributed by atoms with van der Waals surface area (Å²) in [5.74, 6) is 0. The van der Waals surface area contributed by atoms with Gasteiger partial charge in [0, 0.05) is 22.8 Å². The average molecular weight is 345 g/mol. The number of nitrogens with zero attached hydrogens (tertiary/aromatic N) is 1. The monoisotopic (exact) mass is 344 g/mol. The van der Waals surface area contributed by atoms with Gasteiger partial charge in [-0.15, -0.1) is 0 Å². The largest absolute Gasteiger partial charge is 0.375 e. The second-order valence-electron chi connectivity index (χ2n) is 5.25. The molecule has 6 heteroatoms. The number of para-hydroxylation sites is 1. The van der Waals surface area contributed by atoms with Crippen LogP contribution in [0.2, 0.25) is 5.02 Å². The normalized spacial score (nSPS) is 10.8. The Labute approximate surface area is 145 Å². The van der Waals surface area contributed by atoms with Crippen LogP contribution in [0.15, 0.2) is 54.6 Å². The van der Waals surface area contributed by atoms with Crippen LogP contribution in [0.3, 0.4) is 0 Å². The topological polar surface area (TPSA) is 55.0 Å². The van der Waals surface area contributed by atoms with Gasteiger partial charge in [0.2, 0.25) is 0 Å². The van der Waals surface area contributed by atoms with Gasteiger partial charge in [0.05, 0.1) is 6.54 Å². The van der Waals surface area contributed by atoms with Crippen LogP contribution in [0, 0.1) is 0 Å². The molecule has 0 aliphatic heterocycles. The van der Waals surface area contributed by atoms with Crippen molar-refractivity contribution in [3.8, 4) is 0 Å². The summed E-state index contributed by atoms with van der Waals surface area (Å²) in [4.78, 5) is 0. The Morgan fingerprint density at radius 3 is 2.61 bits per heavy atom. The summed E-state index contributed by atoms with van der Waals surface area (Å²) < 4.78 is 2.27. The smallest absolute Gasteiger partial charge is 0.178 e. The first-order valence-corrected chi connectivity index (χ1v) is 8.02. The van der Waals surface area contributed by atoms with E-state index in [1.54, 1.807) is 0 Å². The van der Waals surface area contributed by atoms with Crippen molar-refractivity contribution in [1.82, 2.24) is 15.4 Å². The summed E-state index contributed by atoms with van der Waals surface area (Å²) >= 11 is 10.8. The van der Waals surface area contributed by atoms with E-state index < -0.39 is 0 Å². The number of nitrogens with one attached hydrogen (secondary N) is 2. The van der Waals surface area contributed by atoms with Crippen molar-refractivity contribution in [1.29, 1.82) is 0 Å². The third-order valence-electron chi connectivity index (χ3n) is 3.63. The molecule has 1 heterocycles. The van der Waals surface area contributed by atoms with E-state index in [-0.39, 0.29) is 5.11 Å². The molecule has 0 saturated heterocycles. The molecule has 0 aliphatic carbocycles. The molecular formula is C17H17ClN4S. The maximum absolute atomic E-state index is 5.97. The van der Waals surface area contributed by atoms with Crippen LogP contribution in [-0.2, 0) is 13.1 Å². The van der Waals surface area contributed by atoms with Crippen molar-refractivity contribution >= 4 is 39.8 Å². The maximum atomic E-state index is 5.97. The van der Waals surface area contributed by atoms with E-state index in [1.165, 1.54) is 16.5 Å². The number of benzene rings is 2. The number of hydrogen-bond donors (Lipinski definition) is 3. The predicted molar refractivity (Wildman–Crippen MR) is 99.3 cm³/mol. The molecule has 0 atom stereocenters. The van der Waals surface area contributed by atoms with Crippen LogP contribution < -0.4 is 16.6 Å². The number of hydrogen-bond acceptors (Lipinski definition) is 2. The maximum Gasteiger partial charge on any atom is 0.178 e. The zero-order chi connectivity index (χ0) is 16.2. The highest BCUT2D eigenvalue weighted by atomic mass is 35.5. The molecule has 3 rings (SSSR count). The van der Waals surface area contributed by atoms with Gasteiger partial charge in [-0.1, -0.05) is 41.9 Å². The van der Waals surface area contributed by atoms with Gasteiger partial charge < -0.3 is 10.3 Å². The Kier molecular flexibility index (Phi) is 4.81. The van der Waals surface area contributed by atoms with E-state index in [1.807, 2.05) is 36.4 Å². The van der Waals surface area contributed by atoms with Gasteiger partial charge in [0.25, 0.3) is 0 Å². The first-order valence-electron chi connectivity index (χ1n) is 7.23. The molecule has 0 bridgehead atoms. The number of hydrazine groups is 1. The lowest BCUT2D eigenvalue weighted by Crippen LogP contribution is -2.40. The Morgan fingerprint density at radius 1 is 1.13 bits per heavy atom. The van der Waals surface area contributed by atoms with Gasteiger partial charge in [-0.2, -0.15) is 0 Å². The fourth-order valence-corrected chi connectivity index (χ4v) is 2.79. The van der Waals surface area contributed by atoms with Crippen LogP contribution in [0.4, 0.5) is 0 Å². The summed E-state index contributed by atoms with van der Waals surface area (Å²) in [6.07, 6.45) is 0. The van der Waals surface area contributed by atoms with Crippen molar-refractivity contribution in [3.05, 3.63) is 70.9 Å². The van der Waals surface area contributed by atoms with Crippen LogP contribution in [0.25, 0.3) is 10.9 Å². The molecule has 23 heavy (non-hydrogen) atoms. The second-order valence-corrected chi connectivity index (χ2v) is 6.13. The van der Waals surface area contributed by atoms with Crippen LogP contribution >= 0.6 is 23.8 Å². The lowest BCUT2D eigenvalue weighted by molar-refractivity contribution is 0.617. The molecule has 118 valence electrons. The minimum absolute atomic E-state index is 0.227. The zero-order valence-corrected chi connectivity index (χ0v) is 14.0. The van der Waals surface area contributed by atoms with Gasteiger partial charge >= 0.3 is 0 Å². The Bertz CT molecular complexity index is 826. The Hall–Kier alpha value is -2.08. The number of rotatable bonds is 5.